The molecule has 106 valence electrons. The number of rotatable bonds is 9. The Labute approximate surface area is 112 Å². The number of benzene rings is 1. The zero-order valence-electron chi connectivity index (χ0n) is 10.8. The molecule has 1 aromatic carbocycles. The van der Waals surface area contributed by atoms with E-state index in [-0.39, 0.29) is 12.1 Å². The minimum Gasteiger partial charge on any atom is -0.423 e. The molecule has 5 nitrogen and oxygen atoms in total. The van der Waals surface area contributed by atoms with Gasteiger partial charge < -0.3 is 24.3 Å². The van der Waals surface area contributed by atoms with Gasteiger partial charge in [0.1, 0.15) is 5.82 Å². The van der Waals surface area contributed by atoms with Gasteiger partial charge in [0, 0.05) is 7.11 Å². The normalized spacial score (nSPS) is 10.7. The SMILES string of the molecule is COCCOCCOCc1ccc(F)cc1B(O)O. The molecular weight excluding hydrogens is 254 g/mol. The molecule has 0 bridgehead atoms. The minimum absolute atomic E-state index is 0.111. The number of ether oxygens (including phenoxy) is 3. The molecule has 0 amide bonds. The maximum Gasteiger partial charge on any atom is 0.488 e. The van der Waals surface area contributed by atoms with Crippen LogP contribution in [-0.2, 0) is 20.8 Å². The molecule has 2 N–H and O–H groups in total. The summed E-state index contributed by atoms with van der Waals surface area (Å²) >= 11 is 0. The number of methoxy groups -OCH3 is 1. The smallest absolute Gasteiger partial charge is 0.423 e. The summed E-state index contributed by atoms with van der Waals surface area (Å²) in [7, 11) is -0.122. The average molecular weight is 272 g/mol. The van der Waals surface area contributed by atoms with E-state index >= 15 is 0 Å². The van der Waals surface area contributed by atoms with Gasteiger partial charge in [0.25, 0.3) is 0 Å². The zero-order chi connectivity index (χ0) is 14.1. The molecule has 0 spiro atoms. The van der Waals surface area contributed by atoms with Gasteiger partial charge in [0.15, 0.2) is 0 Å². The third-order valence-corrected chi connectivity index (χ3v) is 2.45. The van der Waals surface area contributed by atoms with E-state index in [9.17, 15) is 4.39 Å². The fourth-order valence-corrected chi connectivity index (χ4v) is 1.48. The quantitative estimate of drug-likeness (QED) is 0.476. The lowest BCUT2D eigenvalue weighted by Gasteiger charge is -2.10. The summed E-state index contributed by atoms with van der Waals surface area (Å²) in [6.45, 7) is 1.97. The molecule has 0 aliphatic rings. The highest BCUT2D eigenvalue weighted by Gasteiger charge is 2.16. The molecule has 0 radical (unpaired) electrons. The molecule has 19 heavy (non-hydrogen) atoms. The largest absolute Gasteiger partial charge is 0.488 e. The van der Waals surface area contributed by atoms with Gasteiger partial charge in [-0.25, -0.2) is 4.39 Å². The first kappa shape index (κ1) is 16.1. The van der Waals surface area contributed by atoms with Crippen LogP contribution in [0.1, 0.15) is 5.56 Å². The van der Waals surface area contributed by atoms with E-state index in [1.165, 1.54) is 12.1 Å². The second-order valence-electron chi connectivity index (χ2n) is 3.87. The summed E-state index contributed by atoms with van der Waals surface area (Å²) in [5, 5.41) is 18.2. The maximum atomic E-state index is 13.0. The van der Waals surface area contributed by atoms with Gasteiger partial charge in [-0.2, -0.15) is 0 Å². The van der Waals surface area contributed by atoms with Gasteiger partial charge in [0.05, 0.1) is 33.0 Å². The van der Waals surface area contributed by atoms with Crippen LogP contribution in [0.25, 0.3) is 0 Å². The van der Waals surface area contributed by atoms with Crippen LogP contribution in [0.5, 0.6) is 0 Å². The Bertz CT molecular complexity index is 375. The van der Waals surface area contributed by atoms with Crippen molar-refractivity contribution >= 4 is 12.6 Å². The average Bonchev–Trinajstić information content (AvgIpc) is 2.39. The predicted octanol–water partition coefficient (Wildman–Crippen LogP) is -0.315. The number of hydrogen-bond acceptors (Lipinski definition) is 5. The van der Waals surface area contributed by atoms with Crippen LogP contribution < -0.4 is 5.46 Å². The molecule has 1 rings (SSSR count). The Morgan fingerprint density at radius 3 is 2.47 bits per heavy atom. The Kier molecular flexibility index (Phi) is 7.62. The fraction of sp³-hybridized carbons (Fsp3) is 0.500. The molecule has 1 aromatic rings. The summed E-state index contributed by atoms with van der Waals surface area (Å²) in [4.78, 5) is 0. The van der Waals surface area contributed by atoms with Crippen molar-refractivity contribution in [3.05, 3.63) is 29.6 Å². The van der Waals surface area contributed by atoms with Crippen molar-refractivity contribution < 1.29 is 28.6 Å². The van der Waals surface area contributed by atoms with Crippen LogP contribution in [0.2, 0.25) is 0 Å². The highest BCUT2D eigenvalue weighted by molar-refractivity contribution is 6.59. The molecule has 0 aliphatic heterocycles. The zero-order valence-corrected chi connectivity index (χ0v) is 10.8. The standard InChI is InChI=1S/C12H18BFO5/c1-17-4-5-18-6-7-19-9-10-2-3-11(14)8-12(10)13(15)16/h2-3,8,15-16H,4-7,9H2,1H3. The van der Waals surface area contributed by atoms with Crippen molar-refractivity contribution in [3.63, 3.8) is 0 Å². The first-order valence-corrected chi connectivity index (χ1v) is 5.94. The molecule has 0 saturated carbocycles. The van der Waals surface area contributed by atoms with Gasteiger partial charge in [-0.1, -0.05) is 6.07 Å². The van der Waals surface area contributed by atoms with Crippen LogP contribution in [0.3, 0.4) is 0 Å². The molecular formula is C12H18BFO5. The van der Waals surface area contributed by atoms with Crippen molar-refractivity contribution in [2.75, 3.05) is 33.5 Å². The summed E-state index contributed by atoms with van der Waals surface area (Å²) in [6, 6.07) is 3.80. The molecule has 0 unspecified atom stereocenters. The molecule has 0 heterocycles. The van der Waals surface area contributed by atoms with Crippen LogP contribution in [-0.4, -0.2) is 50.7 Å². The molecule has 7 heteroatoms. The van der Waals surface area contributed by atoms with E-state index in [1.807, 2.05) is 0 Å². The summed E-state index contributed by atoms with van der Waals surface area (Å²) in [5.41, 5.74) is 0.647. The van der Waals surface area contributed by atoms with Gasteiger partial charge in [0.2, 0.25) is 0 Å². The lowest BCUT2D eigenvalue weighted by Crippen LogP contribution is -2.33. The molecule has 0 aromatic heterocycles. The van der Waals surface area contributed by atoms with Gasteiger partial charge in [-0.3, -0.25) is 0 Å². The fourth-order valence-electron chi connectivity index (χ4n) is 1.48. The van der Waals surface area contributed by atoms with Crippen molar-refractivity contribution in [1.29, 1.82) is 0 Å². The third-order valence-electron chi connectivity index (χ3n) is 2.45. The molecule has 0 fully saturated rings. The lowest BCUT2D eigenvalue weighted by atomic mass is 9.77. The predicted molar refractivity (Wildman–Crippen MR) is 68.6 cm³/mol. The van der Waals surface area contributed by atoms with Crippen LogP contribution >= 0.6 is 0 Å². The van der Waals surface area contributed by atoms with E-state index < -0.39 is 12.9 Å². The first-order chi connectivity index (χ1) is 9.15. The molecule has 0 atom stereocenters. The van der Waals surface area contributed by atoms with Gasteiger partial charge in [-0.05, 0) is 23.2 Å². The second-order valence-corrected chi connectivity index (χ2v) is 3.87. The Hall–Kier alpha value is -0.985. The number of halogens is 1. The van der Waals surface area contributed by atoms with E-state index in [4.69, 9.17) is 24.3 Å². The third kappa shape index (κ3) is 6.13. The van der Waals surface area contributed by atoms with E-state index in [0.29, 0.717) is 32.0 Å². The highest BCUT2D eigenvalue weighted by atomic mass is 19.1. The summed E-state index contributed by atoms with van der Waals surface area (Å²) in [5.74, 6) is -0.519. The molecule has 0 aliphatic carbocycles. The second kappa shape index (κ2) is 9.00. The minimum atomic E-state index is -1.72. The van der Waals surface area contributed by atoms with Crippen LogP contribution in [0, 0.1) is 5.82 Å². The van der Waals surface area contributed by atoms with E-state index in [1.54, 1.807) is 7.11 Å². The van der Waals surface area contributed by atoms with Gasteiger partial charge >= 0.3 is 7.12 Å². The van der Waals surface area contributed by atoms with E-state index in [2.05, 4.69) is 0 Å². The van der Waals surface area contributed by atoms with Gasteiger partial charge in [-0.15, -0.1) is 0 Å². The van der Waals surface area contributed by atoms with E-state index in [0.717, 1.165) is 6.07 Å². The Morgan fingerprint density at radius 2 is 1.79 bits per heavy atom. The number of hydrogen-bond donors (Lipinski definition) is 2. The van der Waals surface area contributed by atoms with Crippen molar-refractivity contribution in [1.82, 2.24) is 0 Å². The van der Waals surface area contributed by atoms with Crippen LogP contribution in [0.15, 0.2) is 18.2 Å². The van der Waals surface area contributed by atoms with Crippen molar-refractivity contribution in [2.45, 2.75) is 6.61 Å². The highest BCUT2D eigenvalue weighted by Crippen LogP contribution is 2.03. The maximum absolute atomic E-state index is 13.0. The lowest BCUT2D eigenvalue weighted by molar-refractivity contribution is 0.0201. The topological polar surface area (TPSA) is 68.2 Å². The summed E-state index contributed by atoms with van der Waals surface area (Å²) < 4.78 is 28.3. The van der Waals surface area contributed by atoms with Crippen molar-refractivity contribution in [2.24, 2.45) is 0 Å². The molecule has 0 saturated heterocycles. The first-order valence-electron chi connectivity index (χ1n) is 5.94. The van der Waals surface area contributed by atoms with Crippen LogP contribution in [0.4, 0.5) is 4.39 Å². The Morgan fingerprint density at radius 1 is 1.11 bits per heavy atom. The monoisotopic (exact) mass is 272 g/mol. The Balaban J connectivity index is 2.33. The van der Waals surface area contributed by atoms with Crippen molar-refractivity contribution in [3.8, 4) is 0 Å². The summed E-state index contributed by atoms with van der Waals surface area (Å²) in [6.07, 6.45) is 0.